The SMILES string of the molecule is CC(C)C[C@H](NC(=O)[C@@H](N)Cc1ccccc1)C(=O)NCC(=O)NCCc1ccc(OCc2ccccc2)cc1. The minimum atomic E-state index is -0.780. The predicted octanol–water partition coefficient (Wildman–Crippen LogP) is 3.14. The van der Waals surface area contributed by atoms with Gasteiger partial charge in [0.15, 0.2) is 0 Å². The maximum atomic E-state index is 12.8. The van der Waals surface area contributed by atoms with Gasteiger partial charge >= 0.3 is 0 Å². The summed E-state index contributed by atoms with van der Waals surface area (Å²) in [6.45, 7) is 4.69. The van der Waals surface area contributed by atoms with Crippen molar-refractivity contribution >= 4 is 17.7 Å². The number of hydrogen-bond donors (Lipinski definition) is 4. The number of ether oxygens (including phenoxy) is 1. The normalized spacial score (nSPS) is 12.3. The molecule has 0 unspecified atom stereocenters. The van der Waals surface area contributed by atoms with Gasteiger partial charge < -0.3 is 26.4 Å². The van der Waals surface area contributed by atoms with Gasteiger partial charge in [-0.2, -0.15) is 0 Å². The minimum absolute atomic E-state index is 0.158. The van der Waals surface area contributed by atoms with Crippen LogP contribution in [0, 0.1) is 5.92 Å². The largest absolute Gasteiger partial charge is 0.489 e. The van der Waals surface area contributed by atoms with Gasteiger partial charge in [-0.3, -0.25) is 14.4 Å². The number of rotatable bonds is 15. The Balaban J connectivity index is 1.38. The Hall–Kier alpha value is -4.17. The molecule has 0 aliphatic rings. The van der Waals surface area contributed by atoms with E-state index in [1.807, 2.05) is 98.8 Å². The zero-order valence-corrected chi connectivity index (χ0v) is 23.3. The molecule has 0 aliphatic heterocycles. The molecule has 3 aromatic rings. The summed E-state index contributed by atoms with van der Waals surface area (Å²) in [4.78, 5) is 37.8. The van der Waals surface area contributed by atoms with E-state index in [0.29, 0.717) is 32.4 Å². The third-order valence-electron chi connectivity index (χ3n) is 6.31. The third-order valence-corrected chi connectivity index (χ3v) is 6.31. The van der Waals surface area contributed by atoms with Gasteiger partial charge in [0.05, 0.1) is 12.6 Å². The summed E-state index contributed by atoms with van der Waals surface area (Å²) in [6.07, 6.45) is 1.45. The molecule has 0 heterocycles. The fraction of sp³-hybridized carbons (Fsp3) is 0.344. The van der Waals surface area contributed by atoms with E-state index < -0.39 is 23.9 Å². The molecule has 5 N–H and O–H groups in total. The first kappa shape index (κ1) is 30.4. The molecule has 40 heavy (non-hydrogen) atoms. The van der Waals surface area contributed by atoms with Crippen LogP contribution in [0.3, 0.4) is 0 Å². The van der Waals surface area contributed by atoms with E-state index in [0.717, 1.165) is 22.4 Å². The van der Waals surface area contributed by atoms with Crippen molar-refractivity contribution in [2.45, 2.75) is 51.8 Å². The second-order valence-electron chi connectivity index (χ2n) is 10.2. The van der Waals surface area contributed by atoms with Gasteiger partial charge in [0.2, 0.25) is 17.7 Å². The lowest BCUT2D eigenvalue weighted by Crippen LogP contribution is -2.53. The number of nitrogens with one attached hydrogen (secondary N) is 3. The van der Waals surface area contributed by atoms with Crippen molar-refractivity contribution in [1.82, 2.24) is 16.0 Å². The van der Waals surface area contributed by atoms with Crippen LogP contribution < -0.4 is 26.4 Å². The quantitative estimate of drug-likeness (QED) is 0.234. The lowest BCUT2D eigenvalue weighted by atomic mass is 10.0. The van der Waals surface area contributed by atoms with Crippen LogP contribution in [0.2, 0.25) is 0 Å². The molecule has 0 saturated carbocycles. The lowest BCUT2D eigenvalue weighted by Gasteiger charge is -2.22. The molecule has 3 aromatic carbocycles. The maximum Gasteiger partial charge on any atom is 0.243 e. The van der Waals surface area contributed by atoms with Crippen LogP contribution in [-0.2, 0) is 33.8 Å². The van der Waals surface area contributed by atoms with Gasteiger partial charge in [0.1, 0.15) is 18.4 Å². The van der Waals surface area contributed by atoms with Crippen LogP contribution in [0.15, 0.2) is 84.9 Å². The molecule has 8 heteroatoms. The summed E-state index contributed by atoms with van der Waals surface area (Å²) in [5, 5.41) is 8.23. The molecular formula is C32H40N4O4. The van der Waals surface area contributed by atoms with Crippen LogP contribution in [-0.4, -0.2) is 42.9 Å². The van der Waals surface area contributed by atoms with Gasteiger partial charge in [-0.15, -0.1) is 0 Å². The number of carbonyl (C=O) groups excluding carboxylic acids is 3. The Bertz CT molecular complexity index is 1200. The minimum Gasteiger partial charge on any atom is -0.489 e. The van der Waals surface area contributed by atoms with Crippen LogP contribution in [0.25, 0.3) is 0 Å². The van der Waals surface area contributed by atoms with Crippen molar-refractivity contribution in [2.24, 2.45) is 11.7 Å². The molecule has 212 valence electrons. The molecule has 3 amide bonds. The summed E-state index contributed by atoms with van der Waals surface area (Å²) in [6, 6.07) is 25.7. The number of amides is 3. The summed E-state index contributed by atoms with van der Waals surface area (Å²) in [7, 11) is 0. The Morgan fingerprint density at radius 1 is 0.775 bits per heavy atom. The van der Waals surface area contributed by atoms with Crippen molar-refractivity contribution in [2.75, 3.05) is 13.1 Å². The van der Waals surface area contributed by atoms with E-state index >= 15 is 0 Å². The highest BCUT2D eigenvalue weighted by Gasteiger charge is 2.25. The Labute approximate surface area is 236 Å². The fourth-order valence-corrected chi connectivity index (χ4v) is 4.13. The predicted molar refractivity (Wildman–Crippen MR) is 156 cm³/mol. The monoisotopic (exact) mass is 544 g/mol. The van der Waals surface area contributed by atoms with E-state index in [2.05, 4.69) is 16.0 Å². The van der Waals surface area contributed by atoms with Crippen LogP contribution in [0.4, 0.5) is 0 Å². The molecule has 3 rings (SSSR count). The molecule has 8 nitrogen and oxygen atoms in total. The zero-order chi connectivity index (χ0) is 28.7. The molecule has 0 bridgehead atoms. The number of carbonyl (C=O) groups is 3. The van der Waals surface area contributed by atoms with Gasteiger partial charge in [-0.05, 0) is 54.0 Å². The first-order chi connectivity index (χ1) is 19.3. The first-order valence-corrected chi connectivity index (χ1v) is 13.7. The molecule has 0 saturated heterocycles. The number of benzene rings is 3. The van der Waals surface area contributed by atoms with Gasteiger partial charge in [-0.1, -0.05) is 86.6 Å². The van der Waals surface area contributed by atoms with Gasteiger partial charge in [0.25, 0.3) is 0 Å². The van der Waals surface area contributed by atoms with Crippen molar-refractivity contribution in [3.63, 3.8) is 0 Å². The average molecular weight is 545 g/mol. The Morgan fingerprint density at radius 2 is 1.40 bits per heavy atom. The first-order valence-electron chi connectivity index (χ1n) is 13.7. The summed E-state index contributed by atoms with van der Waals surface area (Å²) >= 11 is 0. The van der Waals surface area contributed by atoms with E-state index in [9.17, 15) is 14.4 Å². The number of hydrogen-bond acceptors (Lipinski definition) is 5. The van der Waals surface area contributed by atoms with Crippen LogP contribution in [0.5, 0.6) is 5.75 Å². The van der Waals surface area contributed by atoms with E-state index in [1.165, 1.54) is 0 Å². The smallest absolute Gasteiger partial charge is 0.243 e. The Morgan fingerprint density at radius 3 is 2.02 bits per heavy atom. The molecule has 0 aromatic heterocycles. The summed E-state index contributed by atoms with van der Waals surface area (Å²) in [5.41, 5.74) is 9.19. The second-order valence-corrected chi connectivity index (χ2v) is 10.2. The molecule has 0 aliphatic carbocycles. The lowest BCUT2D eigenvalue weighted by molar-refractivity contribution is -0.131. The highest BCUT2D eigenvalue weighted by atomic mass is 16.5. The highest BCUT2D eigenvalue weighted by molar-refractivity contribution is 5.91. The molecular weight excluding hydrogens is 504 g/mol. The van der Waals surface area contributed by atoms with E-state index in [-0.39, 0.29) is 18.4 Å². The molecule has 2 atom stereocenters. The van der Waals surface area contributed by atoms with E-state index in [4.69, 9.17) is 10.5 Å². The molecule has 0 radical (unpaired) electrons. The summed E-state index contributed by atoms with van der Waals surface area (Å²) < 4.78 is 5.81. The topological polar surface area (TPSA) is 123 Å². The van der Waals surface area contributed by atoms with Crippen molar-refractivity contribution in [1.29, 1.82) is 0 Å². The van der Waals surface area contributed by atoms with E-state index in [1.54, 1.807) is 0 Å². The standard InChI is InChI=1S/C32H40N4O4/c1-23(2)19-29(36-31(38)28(33)20-25-9-5-3-6-10-25)32(39)35-21-30(37)34-18-17-24-13-15-27(16-14-24)40-22-26-11-7-4-8-12-26/h3-16,23,28-29H,17-22,33H2,1-2H3,(H,34,37)(H,35,39)(H,36,38)/t28-,29-/m0/s1. The van der Waals surface area contributed by atoms with Gasteiger partial charge in [0, 0.05) is 6.54 Å². The van der Waals surface area contributed by atoms with Crippen molar-refractivity contribution < 1.29 is 19.1 Å². The molecule has 0 fully saturated rings. The van der Waals surface area contributed by atoms with Crippen LogP contribution >= 0.6 is 0 Å². The summed E-state index contributed by atoms with van der Waals surface area (Å²) in [5.74, 6) is -0.166. The van der Waals surface area contributed by atoms with Crippen LogP contribution in [0.1, 0.15) is 37.0 Å². The molecule has 0 spiro atoms. The van der Waals surface area contributed by atoms with Gasteiger partial charge in [-0.25, -0.2) is 0 Å². The number of nitrogens with two attached hydrogens (primary N) is 1. The Kier molecular flexibility index (Phi) is 12.2. The maximum absolute atomic E-state index is 12.8. The fourth-order valence-electron chi connectivity index (χ4n) is 4.13. The van der Waals surface area contributed by atoms with Crippen molar-refractivity contribution in [3.8, 4) is 5.75 Å². The highest BCUT2D eigenvalue weighted by Crippen LogP contribution is 2.14. The third kappa shape index (κ3) is 10.9. The second kappa shape index (κ2) is 16.1. The average Bonchev–Trinajstić information content (AvgIpc) is 2.96. The zero-order valence-electron chi connectivity index (χ0n) is 23.3. The van der Waals surface area contributed by atoms with Crippen molar-refractivity contribution in [3.05, 3.63) is 102 Å².